The molecule has 1 atom stereocenters. The molecule has 0 aromatic heterocycles. The molecule has 0 aliphatic heterocycles. The molecule has 1 rings (SSSR count). The van der Waals surface area contributed by atoms with Gasteiger partial charge in [-0.2, -0.15) is 0 Å². The number of ether oxygens (including phenoxy) is 2. The van der Waals surface area contributed by atoms with Gasteiger partial charge in [0.15, 0.2) is 11.5 Å². The van der Waals surface area contributed by atoms with Gasteiger partial charge in [0.05, 0.1) is 17.7 Å². The third kappa shape index (κ3) is 11.5. The van der Waals surface area contributed by atoms with Gasteiger partial charge < -0.3 is 9.47 Å². The smallest absolute Gasteiger partial charge is 0.175 e. The van der Waals surface area contributed by atoms with Crippen LogP contribution in [0.1, 0.15) is 84.5 Å². The lowest BCUT2D eigenvalue weighted by atomic mass is 10.1. The predicted octanol–water partition coefficient (Wildman–Crippen LogP) is 8.30. The fourth-order valence-corrected chi connectivity index (χ4v) is 3.65. The summed E-state index contributed by atoms with van der Waals surface area (Å²) in [5, 5.41) is 0. The van der Waals surface area contributed by atoms with Crippen LogP contribution in [-0.4, -0.2) is 18.0 Å². The van der Waals surface area contributed by atoms with E-state index in [2.05, 4.69) is 45.7 Å². The molecule has 0 aliphatic rings. The number of alkyl halides is 1. The van der Waals surface area contributed by atoms with Gasteiger partial charge in [0, 0.05) is 4.83 Å². The van der Waals surface area contributed by atoms with Crippen LogP contribution < -0.4 is 9.47 Å². The van der Waals surface area contributed by atoms with Crippen molar-refractivity contribution in [1.82, 2.24) is 0 Å². The Morgan fingerprint density at radius 1 is 0.846 bits per heavy atom. The summed E-state index contributed by atoms with van der Waals surface area (Å²) in [6.45, 7) is 5.98. The lowest BCUT2D eigenvalue weighted by molar-refractivity contribution is 0.257. The van der Waals surface area contributed by atoms with Gasteiger partial charge in [-0.05, 0) is 47.3 Å². The van der Waals surface area contributed by atoms with E-state index in [9.17, 15) is 0 Å². The Bertz CT molecular complexity index is 463. The minimum atomic E-state index is 0.630. The Morgan fingerprint density at radius 2 is 1.46 bits per heavy atom. The van der Waals surface area contributed by atoms with E-state index in [1.807, 2.05) is 18.2 Å². The quantitative estimate of drug-likeness (QED) is 0.171. The number of rotatable bonds is 16. The van der Waals surface area contributed by atoms with Gasteiger partial charge >= 0.3 is 0 Å². The molecular formula is C22H36Br2O2. The van der Waals surface area contributed by atoms with E-state index in [4.69, 9.17) is 9.47 Å². The van der Waals surface area contributed by atoms with E-state index in [0.717, 1.165) is 42.0 Å². The second kappa shape index (κ2) is 15.8. The Labute approximate surface area is 177 Å². The molecule has 150 valence electrons. The number of para-hydroxylation sites is 1. The molecule has 0 radical (unpaired) electrons. The third-order valence-corrected chi connectivity index (χ3v) is 5.51. The van der Waals surface area contributed by atoms with Crippen molar-refractivity contribution in [1.29, 1.82) is 0 Å². The van der Waals surface area contributed by atoms with E-state index in [0.29, 0.717) is 4.83 Å². The van der Waals surface area contributed by atoms with Gasteiger partial charge in [-0.25, -0.2) is 0 Å². The monoisotopic (exact) mass is 490 g/mol. The highest BCUT2D eigenvalue weighted by molar-refractivity contribution is 9.10. The number of hydrogen-bond donors (Lipinski definition) is 0. The number of halogens is 2. The molecule has 0 N–H and O–H groups in total. The van der Waals surface area contributed by atoms with Crippen LogP contribution >= 0.6 is 31.9 Å². The molecule has 0 bridgehead atoms. The summed E-state index contributed by atoms with van der Waals surface area (Å²) in [7, 11) is 0. The summed E-state index contributed by atoms with van der Waals surface area (Å²) >= 11 is 7.20. The van der Waals surface area contributed by atoms with E-state index in [-0.39, 0.29) is 0 Å². The summed E-state index contributed by atoms with van der Waals surface area (Å²) in [5.41, 5.74) is 0. The minimum Gasteiger partial charge on any atom is -0.490 e. The van der Waals surface area contributed by atoms with Crippen molar-refractivity contribution in [2.45, 2.75) is 89.3 Å². The first-order chi connectivity index (χ1) is 12.6. The average molecular weight is 492 g/mol. The highest BCUT2D eigenvalue weighted by Crippen LogP contribution is 2.35. The summed E-state index contributed by atoms with van der Waals surface area (Å²) in [6, 6.07) is 6.04. The largest absolute Gasteiger partial charge is 0.490 e. The van der Waals surface area contributed by atoms with Crippen molar-refractivity contribution in [3.8, 4) is 11.5 Å². The first kappa shape index (κ1) is 23.8. The standard InChI is InChI=1S/C22H36Br2O2/c1-3-4-5-6-8-11-17-25-21-16-13-15-20(24)22(21)26-18-12-9-7-10-14-19(2)23/h13,15-16,19H,3-12,14,17-18H2,1-2H3. The highest BCUT2D eigenvalue weighted by Gasteiger charge is 2.09. The molecule has 0 saturated carbocycles. The van der Waals surface area contributed by atoms with E-state index in [1.54, 1.807) is 0 Å². The van der Waals surface area contributed by atoms with Crippen LogP contribution in [0.15, 0.2) is 22.7 Å². The molecule has 0 fully saturated rings. The molecule has 1 unspecified atom stereocenters. The summed E-state index contributed by atoms with van der Waals surface area (Å²) < 4.78 is 13.0. The zero-order valence-electron chi connectivity index (χ0n) is 16.6. The van der Waals surface area contributed by atoms with Crippen molar-refractivity contribution in [3.63, 3.8) is 0 Å². The van der Waals surface area contributed by atoms with E-state index >= 15 is 0 Å². The lowest BCUT2D eigenvalue weighted by Gasteiger charge is -2.14. The molecule has 2 nitrogen and oxygen atoms in total. The molecule has 1 aromatic rings. The van der Waals surface area contributed by atoms with Crippen molar-refractivity contribution >= 4 is 31.9 Å². The molecule has 1 aromatic carbocycles. The third-order valence-electron chi connectivity index (χ3n) is 4.43. The number of hydrogen-bond acceptors (Lipinski definition) is 2. The molecule has 0 aliphatic carbocycles. The van der Waals surface area contributed by atoms with Crippen LogP contribution in [0.3, 0.4) is 0 Å². The first-order valence-electron chi connectivity index (χ1n) is 10.3. The normalized spacial score (nSPS) is 12.2. The maximum absolute atomic E-state index is 6.02. The summed E-state index contributed by atoms with van der Waals surface area (Å²) in [6.07, 6.45) is 13.8. The Morgan fingerprint density at radius 3 is 2.15 bits per heavy atom. The maximum atomic E-state index is 6.02. The Hall–Kier alpha value is -0.220. The zero-order valence-corrected chi connectivity index (χ0v) is 19.7. The van der Waals surface area contributed by atoms with Crippen LogP contribution in [0.4, 0.5) is 0 Å². The summed E-state index contributed by atoms with van der Waals surface area (Å²) in [4.78, 5) is 0.630. The Balaban J connectivity index is 2.25. The molecule has 26 heavy (non-hydrogen) atoms. The topological polar surface area (TPSA) is 18.5 Å². The fourth-order valence-electron chi connectivity index (χ4n) is 2.86. The van der Waals surface area contributed by atoms with Gasteiger partial charge in [-0.15, -0.1) is 0 Å². The fraction of sp³-hybridized carbons (Fsp3) is 0.727. The van der Waals surface area contributed by atoms with Crippen LogP contribution in [0.2, 0.25) is 0 Å². The van der Waals surface area contributed by atoms with Gasteiger partial charge in [0.2, 0.25) is 0 Å². The van der Waals surface area contributed by atoms with Crippen molar-refractivity contribution < 1.29 is 9.47 Å². The van der Waals surface area contributed by atoms with Gasteiger partial charge in [-0.3, -0.25) is 0 Å². The second-order valence-corrected chi connectivity index (χ2v) is 9.43. The van der Waals surface area contributed by atoms with Gasteiger partial charge in [0.25, 0.3) is 0 Å². The van der Waals surface area contributed by atoms with E-state index in [1.165, 1.54) is 57.8 Å². The van der Waals surface area contributed by atoms with Crippen LogP contribution in [0.5, 0.6) is 11.5 Å². The van der Waals surface area contributed by atoms with Crippen molar-refractivity contribution in [2.24, 2.45) is 0 Å². The Kier molecular flexibility index (Phi) is 14.5. The minimum absolute atomic E-state index is 0.630. The SMILES string of the molecule is CCCCCCCCOc1cccc(Br)c1OCCCCCCC(C)Br. The van der Waals surface area contributed by atoms with E-state index < -0.39 is 0 Å². The first-order valence-corrected chi connectivity index (χ1v) is 12.0. The summed E-state index contributed by atoms with van der Waals surface area (Å²) in [5.74, 6) is 1.72. The van der Waals surface area contributed by atoms with Gasteiger partial charge in [-0.1, -0.05) is 87.2 Å². The van der Waals surface area contributed by atoms with Crippen LogP contribution in [-0.2, 0) is 0 Å². The molecular weight excluding hydrogens is 456 g/mol. The predicted molar refractivity (Wildman–Crippen MR) is 120 cm³/mol. The molecule has 4 heteroatoms. The van der Waals surface area contributed by atoms with Crippen molar-refractivity contribution in [3.05, 3.63) is 22.7 Å². The lowest BCUT2D eigenvalue weighted by Crippen LogP contribution is -2.03. The number of benzene rings is 1. The maximum Gasteiger partial charge on any atom is 0.175 e. The molecule has 0 saturated heterocycles. The second-order valence-electron chi connectivity index (χ2n) is 7.02. The van der Waals surface area contributed by atoms with Crippen molar-refractivity contribution in [2.75, 3.05) is 13.2 Å². The molecule has 0 heterocycles. The molecule has 0 amide bonds. The highest BCUT2D eigenvalue weighted by atomic mass is 79.9. The average Bonchev–Trinajstić information content (AvgIpc) is 2.61. The molecule has 0 spiro atoms. The van der Waals surface area contributed by atoms with Crippen LogP contribution in [0, 0.1) is 0 Å². The zero-order chi connectivity index (χ0) is 19.0. The number of unbranched alkanes of at least 4 members (excludes halogenated alkanes) is 8. The van der Waals surface area contributed by atoms with Gasteiger partial charge in [0.1, 0.15) is 0 Å². The van der Waals surface area contributed by atoms with Crippen LogP contribution in [0.25, 0.3) is 0 Å².